The molecule has 0 bridgehead atoms. The minimum atomic E-state index is -4.07. The summed E-state index contributed by atoms with van der Waals surface area (Å²) in [5, 5.41) is 2.59. The summed E-state index contributed by atoms with van der Waals surface area (Å²) in [6.07, 6.45) is 2.12. The lowest BCUT2D eigenvalue weighted by atomic mass is 9.91. The third kappa shape index (κ3) is 14.7. The summed E-state index contributed by atoms with van der Waals surface area (Å²) < 4.78 is 51.1. The van der Waals surface area contributed by atoms with Crippen molar-refractivity contribution in [1.82, 2.24) is 5.32 Å². The predicted octanol–water partition coefficient (Wildman–Crippen LogP) is 3.05. The number of carbonyl (C=O) groups is 2. The van der Waals surface area contributed by atoms with Gasteiger partial charge in [-0.3, -0.25) is 14.1 Å². The molecule has 0 saturated heterocycles. The summed E-state index contributed by atoms with van der Waals surface area (Å²) in [6.45, 7) is 12.9. The van der Waals surface area contributed by atoms with Crippen LogP contribution in [0, 0.1) is 11.3 Å². The Bertz CT molecular complexity index is 684. The van der Waals surface area contributed by atoms with Crippen molar-refractivity contribution in [2.45, 2.75) is 79.3 Å². The second-order valence-electron chi connectivity index (χ2n) is 9.18. The van der Waals surface area contributed by atoms with Crippen molar-refractivity contribution in [2.24, 2.45) is 11.3 Å². The molecule has 0 aromatic carbocycles. The topological polar surface area (TPSA) is 137 Å². The first-order valence-corrected chi connectivity index (χ1v) is 14.6. The van der Waals surface area contributed by atoms with Crippen LogP contribution in [0.2, 0.25) is 6.04 Å². The van der Waals surface area contributed by atoms with Crippen LogP contribution < -0.4 is 5.32 Å². The molecule has 10 nitrogen and oxygen atoms in total. The van der Waals surface area contributed by atoms with Crippen LogP contribution in [0.25, 0.3) is 0 Å². The van der Waals surface area contributed by atoms with E-state index in [0.29, 0.717) is 25.5 Å². The largest absolute Gasteiger partial charge is 0.500 e. The Kier molecular flexibility index (Phi) is 15.6. The molecule has 198 valence electrons. The molecule has 0 aliphatic rings. The molecule has 0 spiro atoms. The maximum atomic E-state index is 11.7. The van der Waals surface area contributed by atoms with Gasteiger partial charge in [-0.1, -0.05) is 20.8 Å². The van der Waals surface area contributed by atoms with Crippen molar-refractivity contribution < 1.29 is 40.6 Å². The van der Waals surface area contributed by atoms with E-state index < -0.39 is 35.6 Å². The van der Waals surface area contributed by atoms with E-state index in [9.17, 15) is 18.0 Å². The first kappa shape index (κ1) is 34.1. The summed E-state index contributed by atoms with van der Waals surface area (Å²) in [5.41, 5.74) is -1.37. The molecule has 0 fully saturated rings. The van der Waals surface area contributed by atoms with Crippen LogP contribution in [0.1, 0.15) is 67.7 Å². The summed E-state index contributed by atoms with van der Waals surface area (Å²) in [7, 11) is -1.88. The Balaban J connectivity index is 0. The van der Waals surface area contributed by atoms with E-state index in [1.165, 1.54) is 0 Å². The number of esters is 1. The van der Waals surface area contributed by atoms with Gasteiger partial charge < -0.3 is 23.3 Å². The van der Waals surface area contributed by atoms with Gasteiger partial charge in [-0.05, 0) is 47.0 Å². The van der Waals surface area contributed by atoms with Crippen LogP contribution in [0.15, 0.2) is 0 Å². The van der Waals surface area contributed by atoms with Gasteiger partial charge in [0.2, 0.25) is 5.91 Å². The van der Waals surface area contributed by atoms with E-state index in [4.69, 9.17) is 22.6 Å². The van der Waals surface area contributed by atoms with Gasteiger partial charge in [-0.2, -0.15) is 8.42 Å². The number of amides is 1. The molecule has 0 aromatic heterocycles. The summed E-state index contributed by atoms with van der Waals surface area (Å²) in [4.78, 5) is 23.2. The Morgan fingerprint density at radius 3 is 1.88 bits per heavy atom. The maximum absolute atomic E-state index is 11.7. The van der Waals surface area contributed by atoms with Gasteiger partial charge in [-0.25, -0.2) is 0 Å². The number of nitrogens with one attached hydrogen (secondary N) is 1. The molecule has 0 radical (unpaired) electrons. The molecule has 0 rings (SSSR count). The highest BCUT2D eigenvalue weighted by Gasteiger charge is 2.37. The zero-order valence-corrected chi connectivity index (χ0v) is 23.8. The van der Waals surface area contributed by atoms with Crippen LogP contribution in [-0.2, 0) is 37.7 Å². The lowest BCUT2D eigenvalue weighted by Gasteiger charge is -2.26. The number of carbonyl (C=O) groups excluding carboxylic acids is 2. The van der Waals surface area contributed by atoms with Crippen molar-refractivity contribution in [3.05, 3.63) is 0 Å². The summed E-state index contributed by atoms with van der Waals surface area (Å²) in [6, 6.07) is 0.635. The lowest BCUT2D eigenvalue weighted by Crippen LogP contribution is -2.49. The van der Waals surface area contributed by atoms with Gasteiger partial charge in [0, 0.05) is 33.3 Å². The lowest BCUT2D eigenvalue weighted by molar-refractivity contribution is -0.154. The molecule has 33 heavy (non-hydrogen) atoms. The quantitative estimate of drug-likeness (QED) is 0.155. The van der Waals surface area contributed by atoms with E-state index in [1.807, 2.05) is 27.7 Å². The van der Waals surface area contributed by atoms with Crippen molar-refractivity contribution >= 4 is 30.8 Å². The highest BCUT2D eigenvalue weighted by molar-refractivity contribution is 7.85. The third-order valence-electron chi connectivity index (χ3n) is 5.29. The Hall–Kier alpha value is -1.05. The van der Waals surface area contributed by atoms with Crippen molar-refractivity contribution in [3.63, 3.8) is 0 Å². The SMILES string of the molecule is CCC(C)(C)C(=O)OCCC[Si](OC)(OC)OC.CCC(C)C(=O)NC(C)(C)CS(=O)(=O)O. The minimum Gasteiger partial charge on any atom is -0.465 e. The molecule has 0 heterocycles. The smallest absolute Gasteiger partial charge is 0.465 e. The van der Waals surface area contributed by atoms with Gasteiger partial charge in [0.15, 0.2) is 0 Å². The normalized spacial score (nSPS) is 13.5. The van der Waals surface area contributed by atoms with Crippen LogP contribution >= 0.6 is 0 Å². The molecule has 2 N–H and O–H groups in total. The molecule has 0 aliphatic carbocycles. The van der Waals surface area contributed by atoms with E-state index in [1.54, 1.807) is 42.1 Å². The monoisotopic (exact) mass is 515 g/mol. The zero-order valence-electron chi connectivity index (χ0n) is 21.9. The van der Waals surface area contributed by atoms with Gasteiger partial charge in [0.05, 0.1) is 23.3 Å². The summed E-state index contributed by atoms with van der Waals surface area (Å²) >= 11 is 0. The minimum absolute atomic E-state index is 0.161. The van der Waals surface area contributed by atoms with Gasteiger partial charge in [-0.15, -0.1) is 0 Å². The van der Waals surface area contributed by atoms with E-state index in [2.05, 4.69) is 5.32 Å². The van der Waals surface area contributed by atoms with Crippen molar-refractivity contribution in [1.29, 1.82) is 0 Å². The highest BCUT2D eigenvalue weighted by atomic mass is 32.2. The van der Waals surface area contributed by atoms with Crippen LogP contribution in [-0.4, -0.2) is 72.9 Å². The molecular formula is C21H45NO9SSi. The fraction of sp³-hybridized carbons (Fsp3) is 0.905. The average Bonchev–Trinajstić information content (AvgIpc) is 2.71. The van der Waals surface area contributed by atoms with Gasteiger partial charge in [0.1, 0.15) is 0 Å². The number of hydrogen-bond donors (Lipinski definition) is 2. The van der Waals surface area contributed by atoms with Crippen LogP contribution in [0.3, 0.4) is 0 Å². The van der Waals surface area contributed by atoms with Crippen LogP contribution in [0.4, 0.5) is 0 Å². The second-order valence-corrected chi connectivity index (χ2v) is 13.7. The van der Waals surface area contributed by atoms with Crippen molar-refractivity contribution in [2.75, 3.05) is 33.7 Å². The fourth-order valence-electron chi connectivity index (χ4n) is 2.48. The van der Waals surface area contributed by atoms with Crippen LogP contribution in [0.5, 0.6) is 0 Å². The maximum Gasteiger partial charge on any atom is 0.500 e. The molecular weight excluding hydrogens is 470 g/mol. The van der Waals surface area contributed by atoms with E-state index >= 15 is 0 Å². The number of rotatable bonds is 14. The molecule has 1 atom stereocenters. The number of ether oxygens (including phenoxy) is 1. The molecule has 0 aromatic rings. The predicted molar refractivity (Wildman–Crippen MR) is 129 cm³/mol. The fourth-order valence-corrected chi connectivity index (χ4v) is 5.16. The average molecular weight is 516 g/mol. The Labute approximate surface area is 201 Å². The zero-order chi connectivity index (χ0) is 26.5. The Morgan fingerprint density at radius 2 is 1.52 bits per heavy atom. The highest BCUT2D eigenvalue weighted by Crippen LogP contribution is 2.22. The summed E-state index contributed by atoms with van der Waals surface area (Å²) in [5.74, 6) is -1.01. The van der Waals surface area contributed by atoms with E-state index in [-0.39, 0.29) is 17.8 Å². The number of hydrogen-bond acceptors (Lipinski definition) is 8. The molecule has 0 aliphatic heterocycles. The second kappa shape index (κ2) is 15.0. The van der Waals surface area contributed by atoms with Gasteiger partial charge >= 0.3 is 14.8 Å². The third-order valence-corrected chi connectivity index (χ3v) is 9.21. The molecule has 12 heteroatoms. The first-order valence-electron chi connectivity index (χ1n) is 11.0. The van der Waals surface area contributed by atoms with E-state index in [0.717, 1.165) is 6.42 Å². The van der Waals surface area contributed by atoms with Gasteiger partial charge in [0.25, 0.3) is 10.1 Å². The first-order chi connectivity index (χ1) is 14.9. The Morgan fingerprint density at radius 1 is 1.03 bits per heavy atom. The molecule has 1 unspecified atom stereocenters. The van der Waals surface area contributed by atoms with Crippen molar-refractivity contribution in [3.8, 4) is 0 Å². The molecule has 0 saturated carbocycles. The molecule has 1 amide bonds. The standard InChI is InChI=1S/C12H26O5Si.C9H19NO4S/c1-7-12(2,3)11(13)17-9-8-10-18(14-4,15-5)16-6;1-5-7(2)8(11)10-9(3,4)6-15(12,13)14/h7-10H2,1-6H3;7H,5-6H2,1-4H3,(H,10,11)(H,12,13,14).